The molecule has 0 rings (SSSR count). The molecule has 0 amide bonds. The molecular formula is C17H36N3OP. The molecule has 0 radical (unpaired) electrons. The second-order valence-corrected chi connectivity index (χ2v) is 9.19. The lowest BCUT2D eigenvalue weighted by Crippen LogP contribution is -2.45. The molecule has 0 aromatic rings. The highest BCUT2D eigenvalue weighted by atomic mass is 31.2. The predicted molar refractivity (Wildman–Crippen MR) is 96.5 cm³/mol. The molecule has 130 valence electrons. The van der Waals surface area contributed by atoms with E-state index in [9.17, 15) is 0 Å². The maximum atomic E-state index is 9.08. The molecule has 0 aliphatic heterocycles. The van der Waals surface area contributed by atoms with Crippen LogP contribution in [0.5, 0.6) is 0 Å². The molecule has 0 aromatic carbocycles. The molecule has 22 heavy (non-hydrogen) atoms. The summed E-state index contributed by atoms with van der Waals surface area (Å²) < 4.78 is 11.4. The standard InChI is InChI=1S/C17H36N3OP/c1-13(2)19(14(3)4)22(20(15(5)6)16(7)8)21-17(9,10)11-12-18/h13-16H,11H2,1-10H3. The predicted octanol–water partition coefficient (Wildman–Crippen LogP) is 5.16. The van der Waals surface area contributed by atoms with E-state index in [-0.39, 0.29) is 0 Å². The van der Waals surface area contributed by atoms with Crippen molar-refractivity contribution < 1.29 is 4.52 Å². The normalized spacial score (nSPS) is 13.5. The quantitative estimate of drug-likeness (QED) is 0.548. The number of hydrogen-bond acceptors (Lipinski definition) is 4. The lowest BCUT2D eigenvalue weighted by Gasteiger charge is -2.48. The molecule has 0 saturated heterocycles. The first-order chi connectivity index (χ1) is 9.94. The van der Waals surface area contributed by atoms with Gasteiger partial charge in [0.1, 0.15) is 0 Å². The van der Waals surface area contributed by atoms with E-state index in [1.165, 1.54) is 0 Å². The van der Waals surface area contributed by atoms with Crippen LogP contribution in [0.2, 0.25) is 0 Å². The van der Waals surface area contributed by atoms with Crippen LogP contribution in [0, 0.1) is 11.3 Å². The van der Waals surface area contributed by atoms with Crippen LogP contribution in [0.15, 0.2) is 0 Å². The molecule has 4 nitrogen and oxygen atoms in total. The van der Waals surface area contributed by atoms with Crippen LogP contribution in [0.3, 0.4) is 0 Å². The summed E-state index contributed by atoms with van der Waals surface area (Å²) in [5.41, 5.74) is -0.440. The fourth-order valence-electron chi connectivity index (χ4n) is 2.64. The number of nitriles is 1. The van der Waals surface area contributed by atoms with Crippen LogP contribution in [0.25, 0.3) is 0 Å². The van der Waals surface area contributed by atoms with Gasteiger partial charge in [0.05, 0.1) is 18.1 Å². The van der Waals surface area contributed by atoms with E-state index in [1.807, 2.05) is 13.8 Å². The molecule has 5 heteroatoms. The Morgan fingerprint density at radius 1 is 0.864 bits per heavy atom. The molecule has 0 aliphatic carbocycles. The Labute approximate surface area is 139 Å². The zero-order chi connectivity index (χ0) is 17.7. The van der Waals surface area contributed by atoms with Gasteiger partial charge in [-0.15, -0.1) is 0 Å². The van der Waals surface area contributed by atoms with Gasteiger partial charge in [-0.25, -0.2) is 9.34 Å². The van der Waals surface area contributed by atoms with Gasteiger partial charge in [0, 0.05) is 24.2 Å². The first-order valence-electron chi connectivity index (χ1n) is 8.37. The molecule has 0 aromatic heterocycles. The van der Waals surface area contributed by atoms with Crippen molar-refractivity contribution in [2.45, 2.75) is 105 Å². The molecule has 0 fully saturated rings. The highest BCUT2D eigenvalue weighted by Gasteiger charge is 2.38. The minimum atomic E-state index is -0.929. The number of nitrogens with zero attached hydrogens (tertiary/aromatic N) is 3. The summed E-state index contributed by atoms with van der Waals surface area (Å²) >= 11 is 0. The van der Waals surface area contributed by atoms with Crippen molar-refractivity contribution in [1.82, 2.24) is 9.34 Å². The Morgan fingerprint density at radius 2 is 1.18 bits per heavy atom. The average molecular weight is 329 g/mol. The minimum Gasteiger partial charge on any atom is -0.324 e. The van der Waals surface area contributed by atoms with Gasteiger partial charge in [0.2, 0.25) is 0 Å². The summed E-state index contributed by atoms with van der Waals surface area (Å²) in [6.07, 6.45) is 0.403. The first-order valence-corrected chi connectivity index (χ1v) is 9.53. The van der Waals surface area contributed by atoms with E-state index in [0.717, 1.165) is 0 Å². The Kier molecular flexibility index (Phi) is 9.10. The van der Waals surface area contributed by atoms with E-state index < -0.39 is 14.1 Å². The summed E-state index contributed by atoms with van der Waals surface area (Å²) in [6.45, 7) is 21.8. The van der Waals surface area contributed by atoms with Crippen molar-refractivity contribution in [1.29, 1.82) is 5.26 Å². The molecule has 0 spiro atoms. The minimum absolute atomic E-state index is 0.393. The van der Waals surface area contributed by atoms with Crippen molar-refractivity contribution in [3.63, 3.8) is 0 Å². The fourth-order valence-corrected chi connectivity index (χ4v) is 5.15. The average Bonchev–Trinajstić information content (AvgIpc) is 2.25. The van der Waals surface area contributed by atoms with Crippen LogP contribution >= 0.6 is 8.45 Å². The van der Waals surface area contributed by atoms with Gasteiger partial charge in [-0.05, 0) is 69.2 Å². The zero-order valence-corrected chi connectivity index (χ0v) is 17.1. The van der Waals surface area contributed by atoms with Crippen molar-refractivity contribution >= 4 is 8.45 Å². The van der Waals surface area contributed by atoms with Crippen LogP contribution < -0.4 is 0 Å². The lowest BCUT2D eigenvalue weighted by atomic mass is 10.1. The van der Waals surface area contributed by atoms with Crippen molar-refractivity contribution in [3.05, 3.63) is 0 Å². The summed E-state index contributed by atoms with van der Waals surface area (Å²) in [4.78, 5) is 0. The van der Waals surface area contributed by atoms with Crippen LogP contribution in [-0.4, -0.2) is 39.1 Å². The third-order valence-electron chi connectivity index (χ3n) is 3.35. The molecule has 0 unspecified atom stereocenters. The fraction of sp³-hybridized carbons (Fsp3) is 0.941. The topological polar surface area (TPSA) is 39.5 Å². The van der Waals surface area contributed by atoms with Gasteiger partial charge < -0.3 is 4.52 Å². The van der Waals surface area contributed by atoms with Gasteiger partial charge >= 0.3 is 0 Å². The maximum absolute atomic E-state index is 9.08. The van der Waals surface area contributed by atoms with Gasteiger partial charge in [-0.1, -0.05) is 0 Å². The van der Waals surface area contributed by atoms with Crippen molar-refractivity contribution in [2.24, 2.45) is 0 Å². The molecule has 0 aliphatic rings. The lowest BCUT2D eigenvalue weighted by molar-refractivity contribution is 0.0851. The largest absolute Gasteiger partial charge is 0.324 e. The van der Waals surface area contributed by atoms with Gasteiger partial charge in [0.25, 0.3) is 0 Å². The van der Waals surface area contributed by atoms with Crippen LogP contribution in [0.4, 0.5) is 0 Å². The Balaban J connectivity index is 5.70. The highest BCUT2D eigenvalue weighted by Crippen LogP contribution is 2.53. The SMILES string of the molecule is CC(C)N(C(C)C)P(OC(C)(C)CC#N)N(C(C)C)C(C)C. The van der Waals surface area contributed by atoms with E-state index in [1.54, 1.807) is 0 Å². The maximum Gasteiger partial charge on any atom is 0.189 e. The molecule has 0 bridgehead atoms. The Hall–Kier alpha value is -0.200. The van der Waals surface area contributed by atoms with E-state index >= 15 is 0 Å². The Bertz CT molecular complexity index is 325. The summed E-state index contributed by atoms with van der Waals surface area (Å²) in [7, 11) is -0.929. The molecule has 0 N–H and O–H groups in total. The third kappa shape index (κ3) is 6.50. The van der Waals surface area contributed by atoms with Gasteiger partial charge in [-0.3, -0.25) is 0 Å². The first kappa shape index (κ1) is 21.8. The second kappa shape index (κ2) is 9.18. The van der Waals surface area contributed by atoms with E-state index in [0.29, 0.717) is 30.6 Å². The van der Waals surface area contributed by atoms with E-state index in [4.69, 9.17) is 9.79 Å². The zero-order valence-electron chi connectivity index (χ0n) is 16.2. The number of rotatable bonds is 9. The monoisotopic (exact) mass is 329 g/mol. The summed E-state index contributed by atoms with van der Waals surface area (Å²) in [5, 5.41) is 9.08. The van der Waals surface area contributed by atoms with Crippen molar-refractivity contribution in [2.75, 3.05) is 0 Å². The smallest absolute Gasteiger partial charge is 0.189 e. The third-order valence-corrected chi connectivity index (χ3v) is 6.64. The van der Waals surface area contributed by atoms with Gasteiger partial charge in [-0.2, -0.15) is 5.26 Å². The highest BCUT2D eigenvalue weighted by molar-refractivity contribution is 7.47. The van der Waals surface area contributed by atoms with Crippen LogP contribution in [-0.2, 0) is 4.52 Å². The molecule has 0 atom stereocenters. The van der Waals surface area contributed by atoms with E-state index in [2.05, 4.69) is 70.8 Å². The van der Waals surface area contributed by atoms with Crippen molar-refractivity contribution in [3.8, 4) is 6.07 Å². The summed E-state index contributed by atoms with van der Waals surface area (Å²) in [6, 6.07) is 3.83. The molecule has 0 saturated carbocycles. The summed E-state index contributed by atoms with van der Waals surface area (Å²) in [5.74, 6) is 0. The Morgan fingerprint density at radius 3 is 1.41 bits per heavy atom. The van der Waals surface area contributed by atoms with Gasteiger partial charge in [0.15, 0.2) is 8.45 Å². The second-order valence-electron chi connectivity index (χ2n) is 7.57. The van der Waals surface area contributed by atoms with Crippen LogP contribution in [0.1, 0.15) is 75.7 Å². The molecule has 0 heterocycles. The number of hydrogen-bond donors (Lipinski definition) is 0. The molecular weight excluding hydrogens is 293 g/mol.